The molecule has 4 nitrogen and oxygen atoms in total. The van der Waals surface area contributed by atoms with Crippen LogP contribution in [0.25, 0.3) is 0 Å². The van der Waals surface area contributed by atoms with Crippen molar-refractivity contribution in [3.05, 3.63) is 0 Å². The van der Waals surface area contributed by atoms with Gasteiger partial charge in [0.05, 0.1) is 12.7 Å². The molecule has 0 amide bonds. The zero-order valence-electron chi connectivity index (χ0n) is 24.6. The zero-order valence-corrected chi connectivity index (χ0v) is 24.6. The number of carbonyl (C=O) groups excluding carboxylic acids is 2. The summed E-state index contributed by atoms with van der Waals surface area (Å²) < 4.78 is 10.8. The highest BCUT2D eigenvalue weighted by Crippen LogP contribution is 2.14. The Kier molecular flexibility index (Phi) is 27.7. The molecule has 36 heavy (non-hydrogen) atoms. The minimum atomic E-state index is -0.0554. The predicted octanol–water partition coefficient (Wildman–Crippen LogP) is 10.3. The van der Waals surface area contributed by atoms with Gasteiger partial charge >= 0.3 is 11.9 Å². The van der Waals surface area contributed by atoms with Crippen molar-refractivity contribution in [1.82, 2.24) is 0 Å². The van der Waals surface area contributed by atoms with Gasteiger partial charge in [-0.1, -0.05) is 136 Å². The molecule has 0 spiro atoms. The second-order valence-electron chi connectivity index (χ2n) is 10.9. The molecule has 214 valence electrons. The zero-order chi connectivity index (χ0) is 26.5. The van der Waals surface area contributed by atoms with Gasteiger partial charge in [0, 0.05) is 12.8 Å². The van der Waals surface area contributed by atoms with E-state index < -0.39 is 0 Å². The molecule has 0 aromatic heterocycles. The van der Waals surface area contributed by atoms with E-state index in [1.54, 1.807) is 0 Å². The number of rotatable bonds is 28. The Labute approximate surface area is 225 Å². The molecule has 4 heteroatoms. The van der Waals surface area contributed by atoms with Gasteiger partial charge < -0.3 is 9.47 Å². The van der Waals surface area contributed by atoms with Gasteiger partial charge in [-0.25, -0.2) is 0 Å². The van der Waals surface area contributed by atoms with Gasteiger partial charge in [-0.05, 0) is 32.6 Å². The summed E-state index contributed by atoms with van der Waals surface area (Å²) in [6, 6.07) is 0. The summed E-state index contributed by atoms with van der Waals surface area (Å²) in [7, 11) is 0. The number of esters is 2. The maximum absolute atomic E-state index is 11.9. The van der Waals surface area contributed by atoms with E-state index in [1.807, 2.05) is 6.92 Å². The highest BCUT2D eigenvalue weighted by Gasteiger charge is 2.08. The lowest BCUT2D eigenvalue weighted by molar-refractivity contribution is -0.148. The third kappa shape index (κ3) is 27.5. The van der Waals surface area contributed by atoms with Crippen molar-refractivity contribution >= 4 is 11.9 Å². The van der Waals surface area contributed by atoms with Crippen molar-refractivity contribution in [2.24, 2.45) is 0 Å². The summed E-state index contributed by atoms with van der Waals surface area (Å²) in [6.07, 6.45) is 29.3. The second kappa shape index (κ2) is 28.5. The van der Waals surface area contributed by atoms with E-state index in [1.165, 1.54) is 83.5 Å². The predicted molar refractivity (Wildman–Crippen MR) is 153 cm³/mol. The van der Waals surface area contributed by atoms with E-state index in [0.29, 0.717) is 19.4 Å². The summed E-state index contributed by atoms with van der Waals surface area (Å²) in [5, 5.41) is 0. The summed E-state index contributed by atoms with van der Waals surface area (Å²) >= 11 is 0. The van der Waals surface area contributed by atoms with Crippen molar-refractivity contribution in [2.45, 2.75) is 187 Å². The number of carbonyl (C=O) groups is 2. The summed E-state index contributed by atoms with van der Waals surface area (Å²) in [6.45, 7) is 7.00. The number of unbranched alkanes of at least 4 members (excludes halogenated alkanes) is 19. The molecular formula is C32H62O4. The highest BCUT2D eigenvalue weighted by atomic mass is 16.5. The second-order valence-corrected chi connectivity index (χ2v) is 10.9. The lowest BCUT2D eigenvalue weighted by atomic mass is 10.0. The molecule has 1 unspecified atom stereocenters. The van der Waals surface area contributed by atoms with Crippen LogP contribution in [0.2, 0.25) is 0 Å². The molecule has 0 aromatic carbocycles. The van der Waals surface area contributed by atoms with Gasteiger partial charge in [0.1, 0.15) is 0 Å². The van der Waals surface area contributed by atoms with E-state index in [9.17, 15) is 9.59 Å². The van der Waals surface area contributed by atoms with E-state index in [4.69, 9.17) is 9.47 Å². The van der Waals surface area contributed by atoms with Crippen molar-refractivity contribution in [1.29, 1.82) is 0 Å². The monoisotopic (exact) mass is 510 g/mol. The van der Waals surface area contributed by atoms with Crippen LogP contribution < -0.4 is 0 Å². The third-order valence-corrected chi connectivity index (χ3v) is 7.07. The van der Waals surface area contributed by atoms with E-state index in [-0.39, 0.29) is 18.0 Å². The Hall–Kier alpha value is -1.06. The first-order chi connectivity index (χ1) is 17.6. The van der Waals surface area contributed by atoms with Crippen LogP contribution >= 0.6 is 0 Å². The summed E-state index contributed by atoms with van der Waals surface area (Å²) in [4.78, 5) is 23.7. The lowest BCUT2D eigenvalue weighted by Gasteiger charge is -2.12. The molecule has 0 aliphatic carbocycles. The van der Waals surface area contributed by atoms with Crippen LogP contribution in [0.15, 0.2) is 0 Å². The third-order valence-electron chi connectivity index (χ3n) is 7.07. The molecule has 1 atom stereocenters. The molecule has 0 bridgehead atoms. The van der Waals surface area contributed by atoms with E-state index >= 15 is 0 Å². The van der Waals surface area contributed by atoms with Gasteiger partial charge in [-0.2, -0.15) is 0 Å². The van der Waals surface area contributed by atoms with Crippen LogP contribution in [0.1, 0.15) is 181 Å². The first-order valence-electron chi connectivity index (χ1n) is 15.9. The van der Waals surface area contributed by atoms with Crippen molar-refractivity contribution < 1.29 is 19.1 Å². The molecule has 0 radical (unpaired) electrons. The Bertz CT molecular complexity index is 477. The number of ether oxygens (including phenoxy) is 2. The van der Waals surface area contributed by atoms with Crippen LogP contribution in [0.5, 0.6) is 0 Å². The fourth-order valence-corrected chi connectivity index (χ4v) is 4.63. The normalized spacial score (nSPS) is 12.0. The van der Waals surface area contributed by atoms with Crippen LogP contribution in [-0.2, 0) is 19.1 Å². The topological polar surface area (TPSA) is 52.6 Å². The largest absolute Gasteiger partial charge is 0.466 e. The van der Waals surface area contributed by atoms with Crippen LogP contribution in [0, 0.1) is 0 Å². The molecule has 0 saturated carbocycles. The number of hydrogen-bond acceptors (Lipinski definition) is 4. The summed E-state index contributed by atoms with van der Waals surface area (Å²) in [5.74, 6) is -0.0928. The van der Waals surface area contributed by atoms with Gasteiger partial charge in [-0.15, -0.1) is 0 Å². The standard InChI is InChI=1S/C32H62O4/c1-4-6-8-9-10-11-12-13-14-15-16-19-22-25-29-35-31(33)27-23-20-17-18-21-24-28-32(34)36-30(3)26-7-5-2/h30H,4-29H2,1-3H3. The average molecular weight is 511 g/mol. The maximum atomic E-state index is 11.9. The molecule has 0 aliphatic heterocycles. The van der Waals surface area contributed by atoms with Crippen molar-refractivity contribution in [2.75, 3.05) is 6.61 Å². The Morgan fingerprint density at radius 2 is 0.889 bits per heavy atom. The van der Waals surface area contributed by atoms with Crippen molar-refractivity contribution in [3.63, 3.8) is 0 Å². The first-order valence-corrected chi connectivity index (χ1v) is 15.9. The SMILES string of the molecule is CCCCCCCCCCCCCCCCOC(=O)CCCCCCCCC(=O)OC(C)CCCC. The van der Waals surface area contributed by atoms with Crippen molar-refractivity contribution in [3.8, 4) is 0 Å². The fourth-order valence-electron chi connectivity index (χ4n) is 4.63. The van der Waals surface area contributed by atoms with Crippen LogP contribution in [0.4, 0.5) is 0 Å². The fraction of sp³-hybridized carbons (Fsp3) is 0.938. The van der Waals surface area contributed by atoms with E-state index in [2.05, 4.69) is 13.8 Å². The average Bonchev–Trinajstić information content (AvgIpc) is 2.86. The van der Waals surface area contributed by atoms with Gasteiger partial charge in [0.25, 0.3) is 0 Å². The molecule has 0 aliphatic rings. The van der Waals surface area contributed by atoms with Crippen LogP contribution in [-0.4, -0.2) is 24.6 Å². The van der Waals surface area contributed by atoms with Gasteiger partial charge in [-0.3, -0.25) is 9.59 Å². The molecular weight excluding hydrogens is 448 g/mol. The smallest absolute Gasteiger partial charge is 0.306 e. The quantitative estimate of drug-likeness (QED) is 0.0775. The molecule has 0 saturated heterocycles. The van der Waals surface area contributed by atoms with E-state index in [0.717, 1.165) is 64.2 Å². The minimum Gasteiger partial charge on any atom is -0.466 e. The lowest BCUT2D eigenvalue weighted by Crippen LogP contribution is -2.14. The molecule has 0 fully saturated rings. The van der Waals surface area contributed by atoms with Crippen LogP contribution in [0.3, 0.4) is 0 Å². The highest BCUT2D eigenvalue weighted by molar-refractivity contribution is 5.69. The maximum Gasteiger partial charge on any atom is 0.306 e. The summed E-state index contributed by atoms with van der Waals surface area (Å²) in [5.41, 5.74) is 0. The Balaban J connectivity index is 3.27. The first kappa shape index (κ1) is 34.9. The van der Waals surface area contributed by atoms with Gasteiger partial charge in [0.15, 0.2) is 0 Å². The Morgan fingerprint density at radius 1 is 0.500 bits per heavy atom. The Morgan fingerprint density at radius 3 is 1.36 bits per heavy atom. The minimum absolute atomic E-state index is 0.0374. The molecule has 0 N–H and O–H groups in total. The molecule has 0 heterocycles. The number of hydrogen-bond donors (Lipinski definition) is 0. The molecule has 0 rings (SSSR count). The van der Waals surface area contributed by atoms with Gasteiger partial charge in [0.2, 0.25) is 0 Å². The molecule has 0 aromatic rings.